The number of ether oxygens (including phenoxy) is 1. The van der Waals surface area contributed by atoms with E-state index in [1.807, 2.05) is 35.1 Å². The minimum absolute atomic E-state index is 0.0578. The van der Waals surface area contributed by atoms with E-state index in [1.54, 1.807) is 21.0 Å². The molecule has 162 valence electrons. The highest BCUT2D eigenvalue weighted by molar-refractivity contribution is 5.79. The second-order valence-electron chi connectivity index (χ2n) is 9.11. The minimum atomic E-state index is -0.985. The summed E-state index contributed by atoms with van der Waals surface area (Å²) in [6, 6.07) is 8.22. The van der Waals surface area contributed by atoms with E-state index in [4.69, 9.17) is 4.74 Å². The van der Waals surface area contributed by atoms with E-state index in [-0.39, 0.29) is 11.8 Å². The van der Waals surface area contributed by atoms with Crippen molar-refractivity contribution in [3.05, 3.63) is 41.7 Å². The smallest absolute Gasteiger partial charge is 0.229 e. The van der Waals surface area contributed by atoms with Crippen molar-refractivity contribution in [2.75, 3.05) is 20.2 Å². The van der Waals surface area contributed by atoms with Crippen molar-refractivity contribution < 1.29 is 19.5 Å². The fourth-order valence-electron chi connectivity index (χ4n) is 4.87. The van der Waals surface area contributed by atoms with Crippen LogP contribution in [0.4, 0.5) is 0 Å². The monoisotopic (exact) mass is 414 g/mol. The highest BCUT2D eigenvalue weighted by Crippen LogP contribution is 2.28. The third-order valence-corrected chi connectivity index (χ3v) is 6.61. The summed E-state index contributed by atoms with van der Waals surface area (Å²) >= 11 is 0. The molecule has 1 aromatic carbocycles. The molecule has 0 spiro atoms. The van der Waals surface area contributed by atoms with E-state index in [2.05, 4.69) is 15.6 Å². The van der Waals surface area contributed by atoms with Crippen LogP contribution in [0.5, 0.6) is 5.75 Å². The maximum atomic E-state index is 12.9. The number of nitrogens with one attached hydrogen (secondary N) is 2. The number of amides is 1. The van der Waals surface area contributed by atoms with Gasteiger partial charge in [0.05, 0.1) is 38.9 Å². The van der Waals surface area contributed by atoms with Crippen LogP contribution in [-0.4, -0.2) is 52.2 Å². The Morgan fingerprint density at radius 1 is 1.40 bits per heavy atom. The zero-order chi connectivity index (χ0) is 21.3. The molecule has 2 bridgehead atoms. The van der Waals surface area contributed by atoms with Gasteiger partial charge in [0.25, 0.3) is 0 Å². The van der Waals surface area contributed by atoms with Crippen molar-refractivity contribution in [1.82, 2.24) is 20.3 Å². The Balaban J connectivity index is 1.34. The first-order valence-corrected chi connectivity index (χ1v) is 10.7. The van der Waals surface area contributed by atoms with E-state index in [9.17, 15) is 9.90 Å². The molecular formula is C22H32N5O3+. The summed E-state index contributed by atoms with van der Waals surface area (Å²) in [5, 5.41) is 21.5. The molecule has 4 atom stereocenters. The molecule has 8 nitrogen and oxygen atoms in total. The lowest BCUT2D eigenvalue weighted by Crippen LogP contribution is -3.20. The van der Waals surface area contributed by atoms with E-state index in [1.165, 1.54) is 4.90 Å². The Morgan fingerprint density at radius 3 is 2.87 bits per heavy atom. The van der Waals surface area contributed by atoms with Crippen LogP contribution in [0.1, 0.15) is 37.9 Å². The van der Waals surface area contributed by atoms with Crippen molar-refractivity contribution >= 4 is 5.91 Å². The molecule has 0 radical (unpaired) electrons. The zero-order valence-corrected chi connectivity index (χ0v) is 18.0. The number of aliphatic hydroxyl groups is 1. The van der Waals surface area contributed by atoms with Crippen molar-refractivity contribution in [2.24, 2.45) is 11.8 Å². The molecule has 3 N–H and O–H groups in total. The second-order valence-corrected chi connectivity index (χ2v) is 9.11. The Labute approximate surface area is 177 Å². The number of methoxy groups -OCH3 is 1. The minimum Gasteiger partial charge on any atom is -0.496 e. The molecule has 1 aromatic heterocycles. The van der Waals surface area contributed by atoms with Gasteiger partial charge < -0.3 is 20.1 Å². The first-order valence-electron chi connectivity index (χ1n) is 10.7. The summed E-state index contributed by atoms with van der Waals surface area (Å²) in [7, 11) is 1.65. The third-order valence-electron chi connectivity index (χ3n) is 6.61. The number of quaternary nitrogens is 1. The molecule has 3 saturated heterocycles. The van der Waals surface area contributed by atoms with Gasteiger partial charge in [-0.05, 0) is 25.8 Å². The van der Waals surface area contributed by atoms with Crippen LogP contribution in [-0.2, 0) is 23.5 Å². The lowest BCUT2D eigenvalue weighted by molar-refractivity contribution is -0.945. The van der Waals surface area contributed by atoms with E-state index < -0.39 is 5.60 Å². The van der Waals surface area contributed by atoms with Crippen molar-refractivity contribution in [3.63, 3.8) is 0 Å². The number of hydrogen-bond donors (Lipinski definition) is 3. The van der Waals surface area contributed by atoms with Crippen LogP contribution in [0.2, 0.25) is 0 Å². The lowest BCUT2D eigenvalue weighted by Gasteiger charge is -2.46. The Morgan fingerprint density at radius 2 is 2.20 bits per heavy atom. The summed E-state index contributed by atoms with van der Waals surface area (Å²) in [6.45, 7) is 6.65. The number of para-hydroxylation sites is 1. The van der Waals surface area contributed by atoms with Gasteiger partial charge in [0.1, 0.15) is 23.1 Å². The number of benzene rings is 1. The maximum absolute atomic E-state index is 12.9. The molecule has 0 aliphatic carbocycles. The van der Waals surface area contributed by atoms with Gasteiger partial charge >= 0.3 is 0 Å². The van der Waals surface area contributed by atoms with Crippen LogP contribution in [0.15, 0.2) is 30.5 Å². The summed E-state index contributed by atoms with van der Waals surface area (Å²) in [5.41, 5.74) is 0.595. The molecule has 8 heteroatoms. The number of rotatable bonds is 7. The number of fused-ring (bicyclic) bond motifs is 3. The molecular weight excluding hydrogens is 382 g/mol. The van der Waals surface area contributed by atoms with Crippen molar-refractivity contribution in [1.29, 1.82) is 0 Å². The highest BCUT2D eigenvalue weighted by Gasteiger charge is 2.46. The van der Waals surface area contributed by atoms with Crippen molar-refractivity contribution in [3.8, 4) is 5.75 Å². The topological polar surface area (TPSA) is 93.7 Å². The summed E-state index contributed by atoms with van der Waals surface area (Å²) in [5.74, 6) is 1.41. The number of carbonyl (C=O) groups excluding carboxylic acids is 1. The normalized spacial score (nSPS) is 25.9. The predicted octanol–water partition coefficient (Wildman–Crippen LogP) is 0.124. The van der Waals surface area contributed by atoms with Gasteiger partial charge in [-0.25, -0.2) is 4.68 Å². The zero-order valence-electron chi connectivity index (χ0n) is 18.0. The van der Waals surface area contributed by atoms with Crippen molar-refractivity contribution in [2.45, 2.75) is 51.4 Å². The summed E-state index contributed by atoms with van der Waals surface area (Å²) < 4.78 is 7.22. The van der Waals surface area contributed by atoms with Gasteiger partial charge in [0.15, 0.2) is 0 Å². The van der Waals surface area contributed by atoms with Gasteiger partial charge in [-0.1, -0.05) is 23.4 Å². The number of piperidine rings is 3. The molecule has 30 heavy (non-hydrogen) atoms. The SMILES string of the molecule is COc1ccccc1CNC(=O)[C@H]1C[NH+]2CC[C@@H]1C[C@@H]2Cn1cc(C(C)(C)O)nn1. The third kappa shape index (κ3) is 4.34. The van der Waals surface area contributed by atoms with Crippen LogP contribution in [0, 0.1) is 11.8 Å². The van der Waals surface area contributed by atoms with Crippen LogP contribution >= 0.6 is 0 Å². The van der Waals surface area contributed by atoms with Gasteiger partial charge in [-0.3, -0.25) is 4.79 Å². The first kappa shape index (κ1) is 20.8. The Hall–Kier alpha value is -2.45. The average Bonchev–Trinajstić information content (AvgIpc) is 3.22. The molecule has 3 fully saturated rings. The molecule has 3 aliphatic heterocycles. The molecule has 5 rings (SSSR count). The van der Waals surface area contributed by atoms with E-state index in [0.29, 0.717) is 24.2 Å². The fourth-order valence-corrected chi connectivity index (χ4v) is 4.87. The van der Waals surface area contributed by atoms with Gasteiger partial charge in [-0.15, -0.1) is 5.10 Å². The van der Waals surface area contributed by atoms with Gasteiger partial charge in [-0.2, -0.15) is 0 Å². The molecule has 1 unspecified atom stereocenters. The standard InChI is InChI=1S/C22H31N5O3/c1-22(2,29)20-14-27(25-24-20)12-17-10-15-8-9-26(17)13-18(15)21(28)23-11-16-6-4-5-7-19(16)30-3/h4-7,14-15,17-18,29H,8-13H2,1-3H3,(H,23,28)/p+1/t15-,17-,18+/m1/s1. The van der Waals surface area contributed by atoms with E-state index >= 15 is 0 Å². The second kappa shape index (κ2) is 8.35. The predicted molar refractivity (Wildman–Crippen MR) is 111 cm³/mol. The van der Waals surface area contributed by atoms with Crippen LogP contribution in [0.25, 0.3) is 0 Å². The van der Waals surface area contributed by atoms with Gasteiger partial charge in [0.2, 0.25) is 5.91 Å². The molecule has 1 amide bonds. The summed E-state index contributed by atoms with van der Waals surface area (Å²) in [4.78, 5) is 14.4. The molecule has 4 heterocycles. The quantitative estimate of drug-likeness (QED) is 0.599. The molecule has 0 saturated carbocycles. The Bertz CT molecular complexity index is 891. The molecule has 2 aromatic rings. The first-order chi connectivity index (χ1) is 14.3. The summed E-state index contributed by atoms with van der Waals surface area (Å²) in [6.07, 6.45) is 3.94. The van der Waals surface area contributed by atoms with Gasteiger partial charge in [0, 0.05) is 24.9 Å². The number of aromatic nitrogens is 3. The maximum Gasteiger partial charge on any atom is 0.229 e. The average molecular weight is 415 g/mol. The Kier molecular flexibility index (Phi) is 5.79. The number of carbonyl (C=O) groups is 1. The molecule has 3 aliphatic rings. The van der Waals surface area contributed by atoms with Crippen LogP contribution in [0.3, 0.4) is 0 Å². The van der Waals surface area contributed by atoms with E-state index in [0.717, 1.165) is 43.8 Å². The fraction of sp³-hybridized carbons (Fsp3) is 0.591. The highest BCUT2D eigenvalue weighted by atomic mass is 16.5. The number of nitrogens with zero attached hydrogens (tertiary/aromatic N) is 3. The number of hydrogen-bond acceptors (Lipinski definition) is 5. The lowest BCUT2D eigenvalue weighted by atomic mass is 9.75. The largest absolute Gasteiger partial charge is 0.496 e. The van der Waals surface area contributed by atoms with Crippen LogP contribution < -0.4 is 15.0 Å².